The van der Waals surface area contributed by atoms with Gasteiger partial charge < -0.3 is 4.18 Å². The first-order chi connectivity index (χ1) is 8.90. The highest BCUT2D eigenvalue weighted by atomic mass is 32.2. The SMILES string of the molecule is CC=CCC1Cc2ccc(OS(C)(=O)=O)cc2C1=O. The Labute approximate surface area is 113 Å². The van der Waals surface area contributed by atoms with E-state index in [2.05, 4.69) is 0 Å². The summed E-state index contributed by atoms with van der Waals surface area (Å²) in [4.78, 5) is 12.2. The van der Waals surface area contributed by atoms with Crippen LogP contribution in [0.15, 0.2) is 30.4 Å². The molecule has 5 heteroatoms. The van der Waals surface area contributed by atoms with Gasteiger partial charge in [-0.25, -0.2) is 0 Å². The van der Waals surface area contributed by atoms with Crippen LogP contribution in [0.2, 0.25) is 0 Å². The van der Waals surface area contributed by atoms with Crippen molar-refractivity contribution >= 4 is 15.9 Å². The monoisotopic (exact) mass is 280 g/mol. The first-order valence-electron chi connectivity index (χ1n) is 6.08. The summed E-state index contributed by atoms with van der Waals surface area (Å²) in [5.74, 6) is 0.216. The molecule has 0 spiro atoms. The molecule has 0 fully saturated rings. The van der Waals surface area contributed by atoms with Crippen LogP contribution in [-0.4, -0.2) is 20.5 Å². The quantitative estimate of drug-likeness (QED) is 0.627. The van der Waals surface area contributed by atoms with Crippen LogP contribution in [0.5, 0.6) is 5.75 Å². The van der Waals surface area contributed by atoms with Crippen molar-refractivity contribution in [3.63, 3.8) is 0 Å². The van der Waals surface area contributed by atoms with Crippen LogP contribution >= 0.6 is 0 Å². The summed E-state index contributed by atoms with van der Waals surface area (Å²) < 4.78 is 26.9. The summed E-state index contributed by atoms with van der Waals surface area (Å²) in [6, 6.07) is 4.88. The smallest absolute Gasteiger partial charge is 0.306 e. The molecule has 2 rings (SSSR count). The first-order valence-corrected chi connectivity index (χ1v) is 7.90. The van der Waals surface area contributed by atoms with Gasteiger partial charge >= 0.3 is 10.1 Å². The summed E-state index contributed by atoms with van der Waals surface area (Å²) in [7, 11) is -3.56. The molecule has 0 heterocycles. The molecule has 0 saturated heterocycles. The fourth-order valence-corrected chi connectivity index (χ4v) is 2.71. The molecule has 4 nitrogen and oxygen atoms in total. The number of allylic oxidation sites excluding steroid dienone is 2. The zero-order valence-electron chi connectivity index (χ0n) is 10.9. The molecule has 0 bridgehead atoms. The Morgan fingerprint density at radius 1 is 1.42 bits per heavy atom. The van der Waals surface area contributed by atoms with Crippen molar-refractivity contribution in [1.29, 1.82) is 0 Å². The van der Waals surface area contributed by atoms with E-state index in [0.717, 1.165) is 11.8 Å². The van der Waals surface area contributed by atoms with E-state index < -0.39 is 10.1 Å². The molecule has 102 valence electrons. The molecule has 1 aromatic carbocycles. The lowest BCUT2D eigenvalue weighted by Gasteiger charge is -2.04. The van der Waals surface area contributed by atoms with Crippen molar-refractivity contribution in [2.45, 2.75) is 19.8 Å². The third kappa shape index (κ3) is 3.23. The molecule has 0 radical (unpaired) electrons. The molecule has 0 amide bonds. The highest BCUT2D eigenvalue weighted by Gasteiger charge is 2.30. The average molecular weight is 280 g/mol. The number of Topliss-reactive ketones (excluding diaryl/α,β-unsaturated/α-hetero) is 1. The third-order valence-corrected chi connectivity index (χ3v) is 3.58. The molecular weight excluding hydrogens is 264 g/mol. The average Bonchev–Trinajstić information content (AvgIpc) is 2.62. The number of carbonyl (C=O) groups is 1. The number of carbonyl (C=O) groups excluding carboxylic acids is 1. The van der Waals surface area contributed by atoms with Crippen LogP contribution in [0.3, 0.4) is 0 Å². The van der Waals surface area contributed by atoms with Gasteiger partial charge in [0.25, 0.3) is 0 Å². The summed E-state index contributed by atoms with van der Waals surface area (Å²) in [6.07, 6.45) is 6.30. The molecule has 1 unspecified atom stereocenters. The number of ketones is 1. The van der Waals surface area contributed by atoms with E-state index in [1.54, 1.807) is 12.1 Å². The lowest BCUT2D eigenvalue weighted by Crippen LogP contribution is -2.08. The highest BCUT2D eigenvalue weighted by Crippen LogP contribution is 2.32. The van der Waals surface area contributed by atoms with Gasteiger partial charge in [-0.05, 0) is 37.5 Å². The Morgan fingerprint density at radius 2 is 2.16 bits per heavy atom. The Hall–Kier alpha value is -1.62. The van der Waals surface area contributed by atoms with Crippen molar-refractivity contribution in [3.8, 4) is 5.75 Å². The van der Waals surface area contributed by atoms with E-state index in [9.17, 15) is 13.2 Å². The highest BCUT2D eigenvalue weighted by molar-refractivity contribution is 7.86. The summed E-state index contributed by atoms with van der Waals surface area (Å²) in [5, 5.41) is 0. The maximum Gasteiger partial charge on any atom is 0.306 e. The Kier molecular flexibility index (Phi) is 3.75. The van der Waals surface area contributed by atoms with Crippen molar-refractivity contribution in [2.75, 3.05) is 6.26 Å². The van der Waals surface area contributed by atoms with Crippen molar-refractivity contribution in [3.05, 3.63) is 41.5 Å². The van der Waals surface area contributed by atoms with Crippen molar-refractivity contribution in [2.24, 2.45) is 5.92 Å². The summed E-state index contributed by atoms with van der Waals surface area (Å²) in [6.45, 7) is 1.92. The van der Waals surface area contributed by atoms with Gasteiger partial charge in [0.2, 0.25) is 0 Å². The molecule has 1 aromatic rings. The zero-order chi connectivity index (χ0) is 14.0. The molecule has 1 aliphatic carbocycles. The van der Waals surface area contributed by atoms with Crippen LogP contribution in [-0.2, 0) is 16.5 Å². The standard InChI is InChI=1S/C14H16O4S/c1-3-4-5-11-8-10-6-7-12(18-19(2,16)17)9-13(10)14(11)15/h3-4,6-7,9,11H,5,8H2,1-2H3. The minimum Gasteiger partial charge on any atom is -0.383 e. The van der Waals surface area contributed by atoms with Crippen LogP contribution in [0, 0.1) is 5.92 Å². The summed E-state index contributed by atoms with van der Waals surface area (Å²) in [5.41, 5.74) is 1.54. The Bertz CT molecular complexity index is 629. The van der Waals surface area contributed by atoms with Crippen LogP contribution in [0.25, 0.3) is 0 Å². The Morgan fingerprint density at radius 3 is 2.79 bits per heavy atom. The molecule has 1 aliphatic rings. The van der Waals surface area contributed by atoms with E-state index in [0.29, 0.717) is 18.4 Å². The van der Waals surface area contributed by atoms with E-state index in [1.807, 2.05) is 19.1 Å². The predicted molar refractivity (Wildman–Crippen MR) is 72.9 cm³/mol. The molecule has 0 N–H and O–H groups in total. The van der Waals surface area contributed by atoms with E-state index >= 15 is 0 Å². The van der Waals surface area contributed by atoms with E-state index in [-0.39, 0.29) is 17.5 Å². The Balaban J connectivity index is 2.25. The van der Waals surface area contributed by atoms with Gasteiger partial charge in [-0.3, -0.25) is 4.79 Å². The van der Waals surface area contributed by atoms with Gasteiger partial charge in [0.1, 0.15) is 5.75 Å². The fraction of sp³-hybridized carbons (Fsp3) is 0.357. The van der Waals surface area contributed by atoms with Gasteiger partial charge in [0, 0.05) is 11.5 Å². The second-order valence-electron chi connectivity index (χ2n) is 4.68. The number of hydrogen-bond donors (Lipinski definition) is 0. The lowest BCUT2D eigenvalue weighted by molar-refractivity contribution is 0.0937. The molecule has 0 aliphatic heterocycles. The molecule has 1 atom stereocenters. The predicted octanol–water partition coefficient (Wildman–Crippen LogP) is 2.35. The second-order valence-corrected chi connectivity index (χ2v) is 6.25. The normalized spacial score (nSPS) is 18.8. The van der Waals surface area contributed by atoms with Crippen molar-refractivity contribution in [1.82, 2.24) is 0 Å². The number of benzene rings is 1. The molecule has 0 saturated carbocycles. The minimum atomic E-state index is -3.56. The van der Waals surface area contributed by atoms with Crippen LogP contribution in [0.4, 0.5) is 0 Å². The van der Waals surface area contributed by atoms with Gasteiger partial charge in [0.15, 0.2) is 5.78 Å². The number of rotatable bonds is 4. The van der Waals surface area contributed by atoms with Gasteiger partial charge in [-0.15, -0.1) is 0 Å². The van der Waals surface area contributed by atoms with E-state index in [4.69, 9.17) is 4.18 Å². The van der Waals surface area contributed by atoms with Crippen molar-refractivity contribution < 1.29 is 17.4 Å². The fourth-order valence-electron chi connectivity index (χ4n) is 2.26. The largest absolute Gasteiger partial charge is 0.383 e. The van der Waals surface area contributed by atoms with Crippen LogP contribution < -0.4 is 4.18 Å². The molecule has 19 heavy (non-hydrogen) atoms. The van der Waals surface area contributed by atoms with Gasteiger partial charge in [-0.2, -0.15) is 8.42 Å². The van der Waals surface area contributed by atoms with E-state index in [1.165, 1.54) is 6.07 Å². The third-order valence-electron chi connectivity index (χ3n) is 3.09. The molecular formula is C14H16O4S. The molecule has 0 aromatic heterocycles. The topological polar surface area (TPSA) is 60.4 Å². The first kappa shape index (κ1) is 13.8. The zero-order valence-corrected chi connectivity index (χ0v) is 11.7. The maximum absolute atomic E-state index is 12.2. The maximum atomic E-state index is 12.2. The number of fused-ring (bicyclic) bond motifs is 1. The minimum absolute atomic E-state index is 0.0420. The second kappa shape index (κ2) is 5.17. The van der Waals surface area contributed by atoms with Gasteiger partial charge in [-0.1, -0.05) is 18.2 Å². The van der Waals surface area contributed by atoms with Gasteiger partial charge in [0.05, 0.1) is 6.26 Å². The lowest BCUT2D eigenvalue weighted by atomic mass is 10.0. The summed E-state index contributed by atoms with van der Waals surface area (Å²) >= 11 is 0. The number of hydrogen-bond acceptors (Lipinski definition) is 4. The van der Waals surface area contributed by atoms with Crippen LogP contribution in [0.1, 0.15) is 29.3 Å².